The van der Waals surface area contributed by atoms with E-state index in [2.05, 4.69) is 24.1 Å². The monoisotopic (exact) mass is 336 g/mol. The number of aromatic nitrogens is 1. The van der Waals surface area contributed by atoms with E-state index in [1.54, 1.807) is 0 Å². The smallest absolute Gasteiger partial charge is 0.233 e. The summed E-state index contributed by atoms with van der Waals surface area (Å²) in [7, 11) is 0. The molecule has 0 aliphatic heterocycles. The maximum atomic E-state index is 12.8. The Balaban J connectivity index is 1.78. The van der Waals surface area contributed by atoms with Gasteiger partial charge in [0.25, 0.3) is 0 Å². The maximum absolute atomic E-state index is 12.8. The lowest BCUT2D eigenvalue weighted by atomic mass is 9.88. The highest BCUT2D eigenvalue weighted by atomic mass is 32.1. The quantitative estimate of drug-likeness (QED) is 0.697. The van der Waals surface area contributed by atoms with Crippen molar-refractivity contribution in [3.8, 4) is 11.3 Å². The molecule has 4 heteroatoms. The Hall–Kier alpha value is -2.46. The van der Waals surface area contributed by atoms with Crippen LogP contribution in [0.15, 0.2) is 66.0 Å². The van der Waals surface area contributed by atoms with Crippen LogP contribution in [0.5, 0.6) is 0 Å². The summed E-state index contributed by atoms with van der Waals surface area (Å²) < 4.78 is 0. The summed E-state index contributed by atoms with van der Waals surface area (Å²) in [4.78, 5) is 17.3. The minimum atomic E-state index is -0.185. The zero-order chi connectivity index (χ0) is 16.9. The first kappa shape index (κ1) is 16.4. The van der Waals surface area contributed by atoms with E-state index in [-0.39, 0.29) is 17.7 Å². The molecule has 0 radical (unpaired) electrons. The summed E-state index contributed by atoms with van der Waals surface area (Å²) in [5.41, 5.74) is 2.97. The summed E-state index contributed by atoms with van der Waals surface area (Å²) in [6.45, 7) is 4.13. The molecule has 122 valence electrons. The van der Waals surface area contributed by atoms with Crippen LogP contribution in [-0.2, 0) is 4.79 Å². The van der Waals surface area contributed by atoms with Crippen LogP contribution in [0.25, 0.3) is 11.3 Å². The van der Waals surface area contributed by atoms with Crippen molar-refractivity contribution in [1.29, 1.82) is 0 Å². The largest absolute Gasteiger partial charge is 0.301 e. The van der Waals surface area contributed by atoms with E-state index >= 15 is 0 Å². The molecule has 1 aromatic heterocycles. The first-order valence-electron chi connectivity index (χ1n) is 8.02. The Labute approximate surface area is 146 Å². The third kappa shape index (κ3) is 3.71. The number of benzene rings is 2. The second kappa shape index (κ2) is 7.41. The molecule has 2 aromatic carbocycles. The number of amides is 1. The normalized spacial score (nSPS) is 12.1. The lowest BCUT2D eigenvalue weighted by molar-refractivity contribution is -0.118. The van der Waals surface area contributed by atoms with Crippen LogP contribution in [0.3, 0.4) is 0 Å². The van der Waals surface area contributed by atoms with Crippen molar-refractivity contribution in [1.82, 2.24) is 4.98 Å². The lowest BCUT2D eigenvalue weighted by Crippen LogP contribution is -2.25. The van der Waals surface area contributed by atoms with Gasteiger partial charge in [-0.2, -0.15) is 0 Å². The minimum Gasteiger partial charge on any atom is -0.301 e. The SMILES string of the molecule is CC(C)C(C(=O)Nc1nc(-c2ccccc2)cs1)c1ccccc1. The van der Waals surface area contributed by atoms with Gasteiger partial charge < -0.3 is 5.32 Å². The first-order valence-corrected chi connectivity index (χ1v) is 8.90. The van der Waals surface area contributed by atoms with E-state index in [1.165, 1.54) is 11.3 Å². The van der Waals surface area contributed by atoms with Crippen LogP contribution in [0.1, 0.15) is 25.3 Å². The van der Waals surface area contributed by atoms with E-state index in [0.29, 0.717) is 5.13 Å². The molecule has 3 aromatic rings. The minimum absolute atomic E-state index is 0.00911. The fourth-order valence-electron chi connectivity index (χ4n) is 2.76. The Morgan fingerprint density at radius 2 is 1.62 bits per heavy atom. The Morgan fingerprint density at radius 1 is 1.00 bits per heavy atom. The molecule has 0 saturated carbocycles. The lowest BCUT2D eigenvalue weighted by Gasteiger charge is -2.19. The summed E-state index contributed by atoms with van der Waals surface area (Å²) in [6, 6.07) is 19.9. The van der Waals surface area contributed by atoms with E-state index < -0.39 is 0 Å². The third-order valence-electron chi connectivity index (χ3n) is 3.91. The van der Waals surface area contributed by atoms with Gasteiger partial charge in [0.05, 0.1) is 11.6 Å². The molecule has 0 aliphatic carbocycles. The highest BCUT2D eigenvalue weighted by Crippen LogP contribution is 2.28. The molecule has 1 N–H and O–H groups in total. The zero-order valence-corrected chi connectivity index (χ0v) is 14.6. The molecule has 3 nitrogen and oxygen atoms in total. The summed E-state index contributed by atoms with van der Waals surface area (Å²) >= 11 is 1.45. The van der Waals surface area contributed by atoms with Gasteiger partial charge >= 0.3 is 0 Å². The van der Waals surface area contributed by atoms with Crippen molar-refractivity contribution in [2.24, 2.45) is 5.92 Å². The fraction of sp³-hybridized carbons (Fsp3) is 0.200. The predicted molar refractivity (Wildman–Crippen MR) is 100 cm³/mol. The molecule has 1 unspecified atom stereocenters. The van der Waals surface area contributed by atoms with Crippen LogP contribution in [0.2, 0.25) is 0 Å². The van der Waals surface area contributed by atoms with Gasteiger partial charge in [0.1, 0.15) is 0 Å². The van der Waals surface area contributed by atoms with Gasteiger partial charge in [0.2, 0.25) is 5.91 Å². The Bertz CT molecular complexity index is 797. The number of thiazole rings is 1. The van der Waals surface area contributed by atoms with Crippen molar-refractivity contribution < 1.29 is 4.79 Å². The van der Waals surface area contributed by atoms with Crippen LogP contribution >= 0.6 is 11.3 Å². The van der Waals surface area contributed by atoms with Crippen molar-refractivity contribution in [3.63, 3.8) is 0 Å². The molecule has 0 bridgehead atoms. The van der Waals surface area contributed by atoms with Gasteiger partial charge in [0, 0.05) is 10.9 Å². The molecule has 0 saturated heterocycles. The van der Waals surface area contributed by atoms with Crippen molar-refractivity contribution in [2.45, 2.75) is 19.8 Å². The van der Waals surface area contributed by atoms with E-state index in [4.69, 9.17) is 0 Å². The number of nitrogens with one attached hydrogen (secondary N) is 1. The number of carbonyl (C=O) groups is 1. The molecule has 0 spiro atoms. The first-order chi connectivity index (χ1) is 11.6. The highest BCUT2D eigenvalue weighted by Gasteiger charge is 2.24. The Morgan fingerprint density at radius 3 is 2.25 bits per heavy atom. The molecule has 1 atom stereocenters. The summed E-state index contributed by atoms with van der Waals surface area (Å²) in [5.74, 6) is 0.0152. The molecule has 1 amide bonds. The molecule has 0 fully saturated rings. The zero-order valence-electron chi connectivity index (χ0n) is 13.8. The molecule has 24 heavy (non-hydrogen) atoms. The van der Waals surface area contributed by atoms with Crippen molar-refractivity contribution >= 4 is 22.4 Å². The van der Waals surface area contributed by atoms with Crippen LogP contribution in [0, 0.1) is 5.92 Å². The second-order valence-corrected chi connectivity index (χ2v) is 6.88. The van der Waals surface area contributed by atoms with Crippen molar-refractivity contribution in [3.05, 3.63) is 71.6 Å². The molecular weight excluding hydrogens is 316 g/mol. The number of rotatable bonds is 5. The molecule has 1 heterocycles. The molecular formula is C20H20N2OS. The number of hydrogen-bond donors (Lipinski definition) is 1. The number of carbonyl (C=O) groups excluding carboxylic acids is 1. The van der Waals surface area contributed by atoms with Gasteiger partial charge in [0.15, 0.2) is 5.13 Å². The van der Waals surface area contributed by atoms with Crippen LogP contribution in [0.4, 0.5) is 5.13 Å². The van der Waals surface area contributed by atoms with E-state index in [9.17, 15) is 4.79 Å². The Kier molecular flexibility index (Phi) is 5.06. The fourth-order valence-corrected chi connectivity index (χ4v) is 3.48. The number of hydrogen-bond acceptors (Lipinski definition) is 3. The predicted octanol–water partition coefficient (Wildman–Crippen LogP) is 5.19. The topological polar surface area (TPSA) is 42.0 Å². The van der Waals surface area contributed by atoms with Crippen LogP contribution < -0.4 is 5.32 Å². The second-order valence-electron chi connectivity index (χ2n) is 6.03. The average Bonchev–Trinajstić information content (AvgIpc) is 3.05. The molecule has 0 aliphatic rings. The third-order valence-corrected chi connectivity index (χ3v) is 4.67. The maximum Gasteiger partial charge on any atom is 0.233 e. The molecule has 3 rings (SSSR count). The standard InChI is InChI=1S/C20H20N2OS/c1-14(2)18(16-11-7-4-8-12-16)19(23)22-20-21-17(13-24-20)15-9-5-3-6-10-15/h3-14,18H,1-2H3,(H,21,22,23). The summed E-state index contributed by atoms with van der Waals surface area (Å²) in [6.07, 6.45) is 0. The van der Waals surface area contributed by atoms with Gasteiger partial charge in [-0.1, -0.05) is 74.5 Å². The average molecular weight is 336 g/mol. The van der Waals surface area contributed by atoms with Gasteiger partial charge in [-0.15, -0.1) is 11.3 Å². The summed E-state index contributed by atoms with van der Waals surface area (Å²) in [5, 5.41) is 5.59. The van der Waals surface area contributed by atoms with Gasteiger partial charge in [-0.25, -0.2) is 4.98 Å². The number of nitrogens with zero attached hydrogens (tertiary/aromatic N) is 1. The van der Waals surface area contributed by atoms with Gasteiger partial charge in [-0.05, 0) is 11.5 Å². The van der Waals surface area contributed by atoms with Gasteiger partial charge in [-0.3, -0.25) is 4.79 Å². The highest BCUT2D eigenvalue weighted by molar-refractivity contribution is 7.14. The van der Waals surface area contributed by atoms with Crippen molar-refractivity contribution in [2.75, 3.05) is 5.32 Å². The van der Waals surface area contributed by atoms with E-state index in [0.717, 1.165) is 16.8 Å². The van der Waals surface area contributed by atoms with E-state index in [1.807, 2.05) is 66.0 Å². The van der Waals surface area contributed by atoms with Crippen LogP contribution in [-0.4, -0.2) is 10.9 Å². The number of anilines is 1.